The van der Waals surface area contributed by atoms with Crippen molar-refractivity contribution in [1.29, 1.82) is 0 Å². The largest absolute Gasteiger partial charge is 0.277 e. The average Bonchev–Trinajstić information content (AvgIpc) is 2.96. The Labute approximate surface area is 193 Å². The Morgan fingerprint density at radius 2 is 1.23 bits per heavy atom. The molecule has 0 aliphatic carbocycles. The van der Waals surface area contributed by atoms with Gasteiger partial charge in [0.1, 0.15) is 5.69 Å². The molecule has 0 aliphatic rings. The number of anilines is 1. The molecule has 1 aromatic heterocycles. The van der Waals surface area contributed by atoms with E-state index in [2.05, 4.69) is 37.0 Å². The molecule has 0 fully saturated rings. The molecule has 3 rings (SSSR count). The Morgan fingerprint density at radius 1 is 0.833 bits per heavy atom. The van der Waals surface area contributed by atoms with E-state index in [4.69, 9.17) is 0 Å². The van der Waals surface area contributed by atoms with Crippen LogP contribution < -0.4 is 3.71 Å². The number of halogens is 2. The van der Waals surface area contributed by atoms with Crippen LogP contribution in [0.2, 0.25) is 0 Å². The predicted molar refractivity (Wildman–Crippen MR) is 123 cm³/mol. The summed E-state index contributed by atoms with van der Waals surface area (Å²) in [6.45, 7) is 5.56. The molecule has 0 N–H and O–H groups in total. The third-order valence-corrected chi connectivity index (χ3v) is 9.69. The number of aryl methyl sites for hydroxylation is 2. The summed E-state index contributed by atoms with van der Waals surface area (Å²) in [7, 11) is -8.93. The molecule has 0 aliphatic heterocycles. The number of hydrogen-bond donors (Lipinski definition) is 0. The Hall–Kier alpha value is -1.69. The second-order valence-corrected chi connectivity index (χ2v) is 12.1. The summed E-state index contributed by atoms with van der Waals surface area (Å²) in [5, 5.41) is 4.32. The van der Waals surface area contributed by atoms with E-state index in [0.717, 1.165) is 0 Å². The normalized spacial score (nSPS) is 12.2. The van der Waals surface area contributed by atoms with Gasteiger partial charge >= 0.3 is 0 Å². The topological polar surface area (TPSA) is 89.3 Å². The van der Waals surface area contributed by atoms with Crippen molar-refractivity contribution in [2.75, 3.05) is 3.71 Å². The quantitative estimate of drug-likeness (QED) is 0.427. The van der Waals surface area contributed by atoms with Crippen LogP contribution in [0.5, 0.6) is 0 Å². The lowest BCUT2D eigenvalue weighted by molar-refractivity contribution is 0.583. The van der Waals surface area contributed by atoms with Crippen LogP contribution in [0.4, 0.5) is 5.69 Å². The van der Waals surface area contributed by atoms with Gasteiger partial charge in [-0.05, 0) is 69.3 Å². The summed E-state index contributed by atoms with van der Waals surface area (Å²) >= 11 is 6.54. The molecule has 0 saturated heterocycles. The second kappa shape index (κ2) is 8.45. The van der Waals surface area contributed by atoms with E-state index in [9.17, 15) is 16.8 Å². The average molecular weight is 577 g/mol. The number of rotatable bonds is 6. The standard InChI is InChI=1S/C19H19Br2N3O4S2/c1-4-23-14(3)19(13(2)22-23)24(29(25,26)17-9-5-15(20)6-10-17)30(27,28)18-11-7-16(21)8-12-18/h5-12H,4H2,1-3H3. The van der Waals surface area contributed by atoms with Crippen molar-refractivity contribution in [2.45, 2.75) is 37.1 Å². The van der Waals surface area contributed by atoms with Gasteiger partial charge in [-0.3, -0.25) is 4.68 Å². The molecule has 0 unspecified atom stereocenters. The van der Waals surface area contributed by atoms with Gasteiger partial charge in [-0.25, -0.2) is 16.8 Å². The number of benzene rings is 2. The first-order chi connectivity index (χ1) is 14.0. The molecule has 2 aromatic carbocycles. The Balaban J connectivity index is 2.34. The zero-order chi connectivity index (χ0) is 22.3. The first-order valence-corrected chi connectivity index (χ1v) is 13.3. The number of nitrogens with zero attached hydrogens (tertiary/aromatic N) is 3. The van der Waals surface area contributed by atoms with Crippen molar-refractivity contribution in [3.05, 3.63) is 68.9 Å². The maximum absolute atomic E-state index is 13.6. The molecular weight excluding hydrogens is 558 g/mol. The van der Waals surface area contributed by atoms with Gasteiger partial charge in [0.15, 0.2) is 0 Å². The zero-order valence-electron chi connectivity index (χ0n) is 16.4. The molecule has 0 spiro atoms. The fraction of sp³-hybridized carbons (Fsp3) is 0.211. The molecule has 11 heteroatoms. The van der Waals surface area contributed by atoms with Crippen molar-refractivity contribution < 1.29 is 16.8 Å². The minimum atomic E-state index is -4.47. The molecule has 0 saturated carbocycles. The van der Waals surface area contributed by atoms with Gasteiger partial charge in [-0.1, -0.05) is 31.9 Å². The highest BCUT2D eigenvalue weighted by Gasteiger charge is 2.40. The summed E-state index contributed by atoms with van der Waals surface area (Å²) in [4.78, 5) is -0.288. The molecule has 3 aromatic rings. The zero-order valence-corrected chi connectivity index (χ0v) is 21.2. The van der Waals surface area contributed by atoms with E-state index in [0.29, 0.717) is 30.6 Å². The van der Waals surface area contributed by atoms with E-state index in [1.165, 1.54) is 24.3 Å². The predicted octanol–water partition coefficient (Wildman–Crippen LogP) is 4.63. The minimum Gasteiger partial charge on any atom is -0.268 e. The smallest absolute Gasteiger partial charge is 0.268 e. The van der Waals surface area contributed by atoms with Gasteiger partial charge in [-0.2, -0.15) is 8.81 Å². The van der Waals surface area contributed by atoms with E-state index < -0.39 is 20.0 Å². The van der Waals surface area contributed by atoms with Gasteiger partial charge < -0.3 is 0 Å². The number of sulfonamides is 2. The van der Waals surface area contributed by atoms with E-state index in [1.807, 2.05) is 6.92 Å². The molecule has 1 heterocycles. The summed E-state index contributed by atoms with van der Waals surface area (Å²) in [6.07, 6.45) is 0. The van der Waals surface area contributed by atoms with E-state index in [-0.39, 0.29) is 15.5 Å². The van der Waals surface area contributed by atoms with Crippen molar-refractivity contribution in [3.8, 4) is 0 Å². The van der Waals surface area contributed by atoms with E-state index >= 15 is 0 Å². The summed E-state index contributed by atoms with van der Waals surface area (Å²) in [5.41, 5.74) is 0.773. The fourth-order valence-corrected chi connectivity index (χ4v) is 7.46. The van der Waals surface area contributed by atoms with Crippen LogP contribution in [0.1, 0.15) is 18.3 Å². The number of hydrogen-bond acceptors (Lipinski definition) is 5. The molecule has 160 valence electrons. The molecule has 0 atom stereocenters. The van der Waals surface area contributed by atoms with Crippen LogP contribution in [-0.4, -0.2) is 26.6 Å². The summed E-state index contributed by atoms with van der Waals surface area (Å²) in [5.74, 6) is 0. The Kier molecular flexibility index (Phi) is 6.47. The third kappa shape index (κ3) is 4.08. The van der Waals surface area contributed by atoms with E-state index in [1.54, 1.807) is 42.8 Å². The molecule has 7 nitrogen and oxygen atoms in total. The van der Waals surface area contributed by atoms with Gasteiger partial charge in [0, 0.05) is 15.5 Å². The van der Waals surface area contributed by atoms with Crippen LogP contribution in [0.3, 0.4) is 0 Å². The first kappa shape index (κ1) is 23.0. The maximum atomic E-state index is 13.6. The van der Waals surface area contributed by atoms with Gasteiger partial charge in [0.2, 0.25) is 0 Å². The molecule has 0 radical (unpaired) electrons. The Bertz CT molecular complexity index is 1210. The monoisotopic (exact) mass is 575 g/mol. The van der Waals surface area contributed by atoms with Crippen molar-refractivity contribution in [3.63, 3.8) is 0 Å². The second-order valence-electron chi connectivity index (χ2n) is 6.45. The summed E-state index contributed by atoms with van der Waals surface area (Å²) in [6, 6.07) is 11.6. The van der Waals surface area contributed by atoms with Crippen LogP contribution in [-0.2, 0) is 26.6 Å². The van der Waals surface area contributed by atoms with Crippen molar-refractivity contribution in [2.24, 2.45) is 0 Å². The molecule has 0 amide bonds. The number of aromatic nitrogens is 2. The molecular formula is C19H19Br2N3O4S2. The maximum Gasteiger partial charge on any atom is 0.277 e. The lowest BCUT2D eigenvalue weighted by Gasteiger charge is -2.24. The highest BCUT2D eigenvalue weighted by Crippen LogP contribution is 2.35. The highest BCUT2D eigenvalue weighted by atomic mass is 79.9. The molecule has 0 bridgehead atoms. The van der Waals surface area contributed by atoms with Gasteiger partial charge in [0.25, 0.3) is 20.0 Å². The molecule has 30 heavy (non-hydrogen) atoms. The summed E-state index contributed by atoms with van der Waals surface area (Å²) < 4.78 is 57.9. The lowest BCUT2D eigenvalue weighted by atomic mass is 10.3. The van der Waals surface area contributed by atoms with Gasteiger partial charge in [-0.15, -0.1) is 0 Å². The minimum absolute atomic E-state index is 0.0303. The van der Waals surface area contributed by atoms with Crippen molar-refractivity contribution >= 4 is 57.6 Å². The van der Waals surface area contributed by atoms with Crippen LogP contribution in [0.15, 0.2) is 67.3 Å². The van der Waals surface area contributed by atoms with Crippen LogP contribution in [0, 0.1) is 13.8 Å². The van der Waals surface area contributed by atoms with Crippen molar-refractivity contribution in [1.82, 2.24) is 9.78 Å². The van der Waals surface area contributed by atoms with Crippen LogP contribution in [0.25, 0.3) is 0 Å². The van der Waals surface area contributed by atoms with Crippen LogP contribution >= 0.6 is 31.9 Å². The highest BCUT2D eigenvalue weighted by molar-refractivity contribution is 9.10. The Morgan fingerprint density at radius 3 is 1.57 bits per heavy atom. The SMILES string of the molecule is CCn1nc(C)c(N(S(=O)(=O)c2ccc(Br)cc2)S(=O)(=O)c2ccc(Br)cc2)c1C. The third-order valence-electron chi connectivity index (χ3n) is 4.49. The first-order valence-electron chi connectivity index (χ1n) is 8.85. The lowest BCUT2D eigenvalue weighted by Crippen LogP contribution is -2.37. The fourth-order valence-electron chi connectivity index (χ4n) is 3.03. The van der Waals surface area contributed by atoms with Gasteiger partial charge in [0.05, 0.1) is 21.2 Å².